The molecule has 0 unspecified atom stereocenters. The van der Waals surface area contributed by atoms with Crippen LogP contribution in [0.5, 0.6) is 0 Å². The van der Waals surface area contributed by atoms with Gasteiger partial charge in [0.25, 0.3) is 0 Å². The second kappa shape index (κ2) is 6.60. The van der Waals surface area contributed by atoms with Crippen LogP contribution in [-0.4, -0.2) is 26.1 Å². The number of H-pyrrole nitrogens is 1. The summed E-state index contributed by atoms with van der Waals surface area (Å²) in [6.45, 7) is 0. The zero-order valence-electron chi connectivity index (χ0n) is 12.3. The van der Waals surface area contributed by atoms with Gasteiger partial charge < -0.3 is 9.52 Å². The number of hydrogen-bond acceptors (Lipinski definition) is 5. The van der Waals surface area contributed by atoms with Gasteiger partial charge in [-0.3, -0.25) is 9.89 Å². The fraction of sp³-hybridized carbons (Fsp3) is 0.438. The average Bonchev–Trinajstić information content (AvgIpc) is 3.19. The number of ketones is 1. The van der Waals surface area contributed by atoms with E-state index in [0.717, 1.165) is 18.3 Å². The normalized spacial score (nSPS) is 16.8. The number of aromatic nitrogens is 3. The Hall–Kier alpha value is -2.37. The second-order valence-electron chi connectivity index (χ2n) is 5.69. The summed E-state index contributed by atoms with van der Waals surface area (Å²) in [5.41, 5.74) is 0. The first-order valence-electron chi connectivity index (χ1n) is 7.62. The molecule has 6 nitrogen and oxygen atoms in total. The van der Waals surface area contributed by atoms with Crippen LogP contribution in [0.2, 0.25) is 0 Å². The van der Waals surface area contributed by atoms with Gasteiger partial charge in [-0.15, -0.1) is 0 Å². The second-order valence-corrected chi connectivity index (χ2v) is 5.69. The summed E-state index contributed by atoms with van der Waals surface area (Å²) in [7, 11) is 0. The first-order valence-corrected chi connectivity index (χ1v) is 7.62. The Morgan fingerprint density at radius 3 is 2.91 bits per heavy atom. The van der Waals surface area contributed by atoms with Crippen molar-refractivity contribution in [3.63, 3.8) is 0 Å². The lowest BCUT2D eigenvalue weighted by molar-refractivity contribution is 0.101. The van der Waals surface area contributed by atoms with E-state index in [4.69, 9.17) is 4.42 Å². The van der Waals surface area contributed by atoms with Crippen LogP contribution in [0.25, 0.3) is 5.76 Å². The monoisotopic (exact) mass is 301 g/mol. The molecule has 3 rings (SSSR count). The smallest absolute Gasteiger partial charge is 0.224 e. The summed E-state index contributed by atoms with van der Waals surface area (Å²) in [5, 5.41) is 15.9. The molecule has 0 aliphatic heterocycles. The summed E-state index contributed by atoms with van der Waals surface area (Å²) in [5.74, 6) is 1.13. The maximum atomic E-state index is 12.1. The number of aliphatic hydroxyl groups is 1. The van der Waals surface area contributed by atoms with E-state index in [2.05, 4.69) is 15.2 Å². The maximum absolute atomic E-state index is 12.1. The van der Waals surface area contributed by atoms with Crippen molar-refractivity contribution in [1.82, 2.24) is 15.2 Å². The predicted octanol–water partition coefficient (Wildman–Crippen LogP) is 3.30. The zero-order valence-corrected chi connectivity index (χ0v) is 12.3. The molecule has 22 heavy (non-hydrogen) atoms. The minimum atomic E-state index is -0.391. The summed E-state index contributed by atoms with van der Waals surface area (Å²) in [6.07, 6.45) is 9.64. The molecule has 0 spiro atoms. The van der Waals surface area contributed by atoms with Gasteiger partial charge in [0, 0.05) is 12.5 Å². The van der Waals surface area contributed by atoms with Gasteiger partial charge in [-0.25, -0.2) is 4.98 Å². The number of aromatic amines is 1. The van der Waals surface area contributed by atoms with Crippen LogP contribution >= 0.6 is 0 Å². The Balaban J connectivity index is 1.65. The van der Waals surface area contributed by atoms with Crippen molar-refractivity contribution < 1.29 is 14.3 Å². The number of carbonyl (C=O) groups is 1. The van der Waals surface area contributed by atoms with Gasteiger partial charge >= 0.3 is 0 Å². The number of hydrogen-bond donors (Lipinski definition) is 2. The molecular formula is C16H19N3O3. The number of nitrogens with zero attached hydrogens (tertiary/aromatic N) is 2. The van der Waals surface area contributed by atoms with E-state index in [0.29, 0.717) is 5.92 Å². The van der Waals surface area contributed by atoms with Gasteiger partial charge in [-0.1, -0.05) is 32.1 Å². The molecule has 1 aliphatic carbocycles. The third kappa shape index (κ3) is 3.44. The SMILES string of the molecule is O=C(C=C(O)c1nc[nH]n1)c1ccc(CC2CCCCC2)o1. The van der Waals surface area contributed by atoms with E-state index in [1.807, 2.05) is 6.07 Å². The molecule has 2 aromatic rings. The molecule has 2 heterocycles. The van der Waals surface area contributed by atoms with Gasteiger partial charge in [0.05, 0.1) is 0 Å². The average molecular weight is 301 g/mol. The molecule has 2 aromatic heterocycles. The van der Waals surface area contributed by atoms with Crippen LogP contribution < -0.4 is 0 Å². The van der Waals surface area contributed by atoms with Crippen molar-refractivity contribution >= 4 is 11.5 Å². The van der Waals surface area contributed by atoms with E-state index < -0.39 is 5.78 Å². The van der Waals surface area contributed by atoms with Gasteiger partial charge in [-0.2, -0.15) is 5.10 Å². The molecule has 0 bridgehead atoms. The summed E-state index contributed by atoms with van der Waals surface area (Å²) < 4.78 is 5.61. The highest BCUT2D eigenvalue weighted by Gasteiger charge is 2.17. The van der Waals surface area contributed by atoms with Crippen LogP contribution in [0.4, 0.5) is 0 Å². The molecule has 1 fully saturated rings. The fourth-order valence-electron chi connectivity index (χ4n) is 2.89. The van der Waals surface area contributed by atoms with E-state index >= 15 is 0 Å². The van der Waals surface area contributed by atoms with Crippen LogP contribution in [0.3, 0.4) is 0 Å². The van der Waals surface area contributed by atoms with Crippen molar-refractivity contribution in [2.75, 3.05) is 0 Å². The minimum absolute atomic E-state index is 0.0855. The van der Waals surface area contributed by atoms with E-state index in [-0.39, 0.29) is 17.3 Å². The molecule has 6 heteroatoms. The van der Waals surface area contributed by atoms with E-state index in [9.17, 15) is 9.90 Å². The summed E-state index contributed by atoms with van der Waals surface area (Å²) in [6, 6.07) is 3.50. The molecule has 116 valence electrons. The maximum Gasteiger partial charge on any atom is 0.224 e. The van der Waals surface area contributed by atoms with Gasteiger partial charge in [-0.05, 0) is 18.1 Å². The van der Waals surface area contributed by atoms with Gasteiger partial charge in [0.1, 0.15) is 12.1 Å². The molecule has 0 saturated heterocycles. The number of rotatable bonds is 5. The first-order chi connectivity index (χ1) is 10.7. The third-order valence-corrected chi connectivity index (χ3v) is 4.03. The van der Waals surface area contributed by atoms with Crippen molar-refractivity contribution in [3.05, 3.63) is 41.9 Å². The Labute approximate surface area is 128 Å². The Morgan fingerprint density at radius 2 is 2.18 bits per heavy atom. The first kappa shape index (κ1) is 14.6. The standard InChI is InChI=1S/C16H19N3O3/c20-13(9-14(21)16-17-10-18-19-16)15-7-6-12(22-15)8-11-4-2-1-3-5-11/h6-7,9-11,21H,1-5,8H2,(H,17,18,19). The van der Waals surface area contributed by atoms with E-state index in [1.54, 1.807) is 6.07 Å². The lowest BCUT2D eigenvalue weighted by Crippen LogP contribution is -2.08. The van der Waals surface area contributed by atoms with Crippen LogP contribution in [0, 0.1) is 5.92 Å². The topological polar surface area (TPSA) is 92.0 Å². The predicted molar refractivity (Wildman–Crippen MR) is 80.3 cm³/mol. The lowest BCUT2D eigenvalue weighted by atomic mass is 9.86. The number of furan rings is 1. The Kier molecular flexibility index (Phi) is 4.37. The highest BCUT2D eigenvalue weighted by molar-refractivity contribution is 6.05. The largest absolute Gasteiger partial charge is 0.504 e. The third-order valence-electron chi connectivity index (χ3n) is 4.03. The van der Waals surface area contributed by atoms with Crippen LogP contribution in [-0.2, 0) is 6.42 Å². The highest BCUT2D eigenvalue weighted by Crippen LogP contribution is 2.27. The Bertz CT molecular complexity index is 652. The Morgan fingerprint density at radius 1 is 1.36 bits per heavy atom. The summed E-state index contributed by atoms with van der Waals surface area (Å²) in [4.78, 5) is 15.8. The van der Waals surface area contributed by atoms with Crippen molar-refractivity contribution in [2.45, 2.75) is 38.5 Å². The molecule has 1 aliphatic rings. The van der Waals surface area contributed by atoms with Crippen LogP contribution in [0.15, 0.2) is 29.0 Å². The lowest BCUT2D eigenvalue weighted by Gasteiger charge is -2.20. The minimum Gasteiger partial charge on any atom is -0.504 e. The number of carbonyl (C=O) groups excluding carboxylic acids is 1. The molecule has 2 N–H and O–H groups in total. The molecule has 0 amide bonds. The molecule has 1 saturated carbocycles. The van der Waals surface area contributed by atoms with Crippen molar-refractivity contribution in [3.8, 4) is 0 Å². The number of aliphatic hydroxyl groups excluding tert-OH is 1. The quantitative estimate of drug-likeness (QED) is 0.502. The zero-order chi connectivity index (χ0) is 15.4. The summed E-state index contributed by atoms with van der Waals surface area (Å²) >= 11 is 0. The van der Waals surface area contributed by atoms with Crippen molar-refractivity contribution in [2.24, 2.45) is 5.92 Å². The van der Waals surface area contributed by atoms with Crippen LogP contribution in [0.1, 0.15) is 54.2 Å². The molecular weight excluding hydrogens is 282 g/mol. The molecule has 0 aromatic carbocycles. The number of allylic oxidation sites excluding steroid dienone is 1. The van der Waals surface area contributed by atoms with E-state index in [1.165, 1.54) is 38.4 Å². The highest BCUT2D eigenvalue weighted by atomic mass is 16.3. The molecule has 0 atom stereocenters. The van der Waals surface area contributed by atoms with Gasteiger partial charge in [0.2, 0.25) is 11.6 Å². The van der Waals surface area contributed by atoms with Gasteiger partial charge in [0.15, 0.2) is 11.5 Å². The fourth-order valence-corrected chi connectivity index (χ4v) is 2.89. The van der Waals surface area contributed by atoms with Crippen molar-refractivity contribution in [1.29, 1.82) is 0 Å². The molecule has 0 radical (unpaired) electrons. The number of nitrogens with one attached hydrogen (secondary N) is 1.